The lowest BCUT2D eigenvalue weighted by Crippen LogP contribution is -2.16. The van der Waals surface area contributed by atoms with E-state index in [9.17, 15) is 9.18 Å². The molecule has 0 unspecified atom stereocenters. The van der Waals surface area contributed by atoms with Crippen molar-refractivity contribution in [3.05, 3.63) is 47.9 Å². The van der Waals surface area contributed by atoms with Crippen molar-refractivity contribution in [1.82, 2.24) is 4.98 Å². The molecule has 1 aromatic heterocycles. The maximum absolute atomic E-state index is 13.0. The molecule has 1 amide bonds. The van der Waals surface area contributed by atoms with Crippen LogP contribution in [0.25, 0.3) is 0 Å². The van der Waals surface area contributed by atoms with E-state index in [1.165, 1.54) is 18.2 Å². The van der Waals surface area contributed by atoms with Gasteiger partial charge >= 0.3 is 0 Å². The number of nitrogens with one attached hydrogen (secondary N) is 1. The van der Waals surface area contributed by atoms with Gasteiger partial charge in [0.05, 0.1) is 6.61 Å². The van der Waals surface area contributed by atoms with Crippen LogP contribution in [0.3, 0.4) is 0 Å². The summed E-state index contributed by atoms with van der Waals surface area (Å²) >= 11 is 0. The molecule has 6 heteroatoms. The maximum Gasteiger partial charge on any atom is 0.262 e. The summed E-state index contributed by atoms with van der Waals surface area (Å²) in [7, 11) is 0. The molecule has 5 nitrogen and oxygen atoms in total. The number of pyridine rings is 1. The van der Waals surface area contributed by atoms with Crippen molar-refractivity contribution >= 4 is 17.4 Å². The number of ether oxygens (including phenoxy) is 1. The van der Waals surface area contributed by atoms with Gasteiger partial charge in [-0.15, -0.1) is 0 Å². The van der Waals surface area contributed by atoms with Crippen LogP contribution >= 0.6 is 0 Å². The van der Waals surface area contributed by atoms with Crippen LogP contribution in [0.4, 0.5) is 15.9 Å². The molecule has 3 N–H and O–H groups in total. The van der Waals surface area contributed by atoms with Gasteiger partial charge in [-0.25, -0.2) is 4.98 Å². The average Bonchev–Trinajstić information content (AvgIpc) is 2.39. The number of nitrogen functional groups attached to an aromatic ring is 1. The van der Waals surface area contributed by atoms with Crippen molar-refractivity contribution in [2.75, 3.05) is 17.7 Å². The van der Waals surface area contributed by atoms with E-state index in [0.717, 1.165) is 0 Å². The van der Waals surface area contributed by atoms with Crippen molar-refractivity contribution in [1.29, 1.82) is 0 Å². The lowest BCUT2D eigenvalue weighted by Gasteiger charge is -2.12. The molecule has 104 valence electrons. The predicted molar refractivity (Wildman–Crippen MR) is 74.2 cm³/mol. The first-order valence-corrected chi connectivity index (χ1v) is 6.07. The van der Waals surface area contributed by atoms with E-state index >= 15 is 0 Å². The number of nitrogens with two attached hydrogens (primary N) is 1. The number of hydrogen-bond donors (Lipinski definition) is 2. The first-order valence-electron chi connectivity index (χ1n) is 6.07. The molecule has 20 heavy (non-hydrogen) atoms. The fraction of sp³-hybridized carbons (Fsp3) is 0.143. The fourth-order valence-corrected chi connectivity index (χ4v) is 1.72. The fourth-order valence-electron chi connectivity index (χ4n) is 1.72. The highest BCUT2D eigenvalue weighted by atomic mass is 19.1. The highest BCUT2D eigenvalue weighted by Crippen LogP contribution is 2.25. The Hall–Kier alpha value is -2.63. The number of aromatic nitrogens is 1. The second kappa shape index (κ2) is 6.01. The molecule has 0 aliphatic rings. The van der Waals surface area contributed by atoms with Crippen LogP contribution < -0.4 is 15.8 Å². The van der Waals surface area contributed by atoms with Crippen LogP contribution in [0.2, 0.25) is 0 Å². The number of nitrogens with zero attached hydrogens (tertiary/aromatic N) is 1. The Labute approximate surface area is 115 Å². The zero-order chi connectivity index (χ0) is 14.5. The lowest BCUT2D eigenvalue weighted by molar-refractivity contribution is 0.102. The minimum atomic E-state index is -0.672. The lowest BCUT2D eigenvalue weighted by atomic mass is 10.1. The van der Waals surface area contributed by atoms with Crippen molar-refractivity contribution < 1.29 is 13.9 Å². The topological polar surface area (TPSA) is 77.2 Å². The molecule has 0 fully saturated rings. The molecule has 2 aromatic rings. The Kier molecular flexibility index (Phi) is 4.14. The predicted octanol–water partition coefficient (Wildman–Crippen LogP) is 2.45. The molecular weight excluding hydrogens is 261 g/mol. The second-order valence-corrected chi connectivity index (χ2v) is 3.95. The van der Waals surface area contributed by atoms with Gasteiger partial charge in [-0.1, -0.05) is 12.1 Å². The molecule has 0 bridgehead atoms. The summed E-state index contributed by atoms with van der Waals surface area (Å²) in [6.07, 6.45) is 0. The van der Waals surface area contributed by atoms with E-state index in [4.69, 9.17) is 10.5 Å². The third-order valence-corrected chi connectivity index (χ3v) is 2.54. The van der Waals surface area contributed by atoms with E-state index in [-0.39, 0.29) is 17.1 Å². The number of benzene rings is 1. The van der Waals surface area contributed by atoms with Crippen LogP contribution in [-0.2, 0) is 0 Å². The van der Waals surface area contributed by atoms with Gasteiger partial charge in [-0.3, -0.25) is 4.79 Å². The quantitative estimate of drug-likeness (QED) is 0.663. The van der Waals surface area contributed by atoms with Gasteiger partial charge in [0.15, 0.2) is 0 Å². The molecule has 0 saturated heterocycles. The Morgan fingerprint density at radius 2 is 2.10 bits per heavy atom. The summed E-state index contributed by atoms with van der Waals surface area (Å²) in [6, 6.07) is 9.07. The van der Waals surface area contributed by atoms with Gasteiger partial charge < -0.3 is 15.8 Å². The molecule has 0 radical (unpaired) electrons. The number of halogens is 1. The minimum Gasteiger partial charge on any atom is -0.493 e. The second-order valence-electron chi connectivity index (χ2n) is 3.95. The molecule has 0 aliphatic heterocycles. The summed E-state index contributed by atoms with van der Waals surface area (Å²) in [5.74, 6) is -0.680. The number of amides is 1. The maximum atomic E-state index is 13.0. The Bertz CT molecular complexity index is 632. The average molecular weight is 275 g/mol. The van der Waals surface area contributed by atoms with Gasteiger partial charge in [0.1, 0.15) is 17.1 Å². The molecule has 1 heterocycles. The van der Waals surface area contributed by atoms with E-state index in [1.807, 2.05) is 0 Å². The summed E-state index contributed by atoms with van der Waals surface area (Å²) in [6.45, 7) is 2.21. The standard InChI is InChI=1S/C14H14FN3O2/c1-2-20-10-6-3-5-9(16)13(10)14(19)18-12-8-4-7-11(15)17-12/h3-8H,2,16H2,1H3,(H,17,18,19). The zero-order valence-corrected chi connectivity index (χ0v) is 10.9. The van der Waals surface area contributed by atoms with Crippen molar-refractivity contribution in [3.63, 3.8) is 0 Å². The van der Waals surface area contributed by atoms with E-state index in [2.05, 4.69) is 10.3 Å². The summed E-state index contributed by atoms with van der Waals surface area (Å²) < 4.78 is 18.4. The van der Waals surface area contributed by atoms with Crippen molar-refractivity contribution in [2.24, 2.45) is 0 Å². The molecular formula is C14H14FN3O2. The van der Waals surface area contributed by atoms with Gasteiger partial charge in [0.25, 0.3) is 5.91 Å². The number of carbonyl (C=O) groups excluding carboxylic acids is 1. The molecule has 0 aliphatic carbocycles. The first-order chi connectivity index (χ1) is 9.61. The number of carbonyl (C=O) groups is 1. The molecule has 0 saturated carbocycles. The third kappa shape index (κ3) is 3.03. The van der Waals surface area contributed by atoms with E-state index in [1.54, 1.807) is 25.1 Å². The number of hydrogen-bond acceptors (Lipinski definition) is 4. The van der Waals surface area contributed by atoms with Crippen LogP contribution in [0, 0.1) is 5.95 Å². The summed E-state index contributed by atoms with van der Waals surface area (Å²) in [5.41, 5.74) is 6.29. The Morgan fingerprint density at radius 3 is 2.80 bits per heavy atom. The summed E-state index contributed by atoms with van der Waals surface area (Å²) in [5, 5.41) is 2.49. The monoisotopic (exact) mass is 275 g/mol. The Balaban J connectivity index is 2.29. The summed E-state index contributed by atoms with van der Waals surface area (Å²) in [4.78, 5) is 15.8. The van der Waals surface area contributed by atoms with Gasteiger partial charge in [0.2, 0.25) is 5.95 Å². The van der Waals surface area contributed by atoms with E-state index in [0.29, 0.717) is 12.4 Å². The largest absolute Gasteiger partial charge is 0.493 e. The van der Waals surface area contributed by atoms with E-state index < -0.39 is 11.9 Å². The van der Waals surface area contributed by atoms with Gasteiger partial charge in [-0.05, 0) is 31.2 Å². The zero-order valence-electron chi connectivity index (χ0n) is 10.9. The normalized spacial score (nSPS) is 10.1. The van der Waals surface area contributed by atoms with Crippen LogP contribution in [0.5, 0.6) is 5.75 Å². The van der Waals surface area contributed by atoms with Crippen LogP contribution in [0.1, 0.15) is 17.3 Å². The van der Waals surface area contributed by atoms with Crippen molar-refractivity contribution in [2.45, 2.75) is 6.92 Å². The highest BCUT2D eigenvalue weighted by Gasteiger charge is 2.16. The molecule has 0 spiro atoms. The minimum absolute atomic E-state index is 0.112. The SMILES string of the molecule is CCOc1cccc(N)c1C(=O)Nc1cccc(F)n1. The van der Waals surface area contributed by atoms with Crippen LogP contribution in [0.15, 0.2) is 36.4 Å². The number of rotatable bonds is 4. The number of anilines is 2. The van der Waals surface area contributed by atoms with Gasteiger partial charge in [0, 0.05) is 5.69 Å². The smallest absolute Gasteiger partial charge is 0.262 e. The molecule has 1 aromatic carbocycles. The first kappa shape index (κ1) is 13.8. The molecule has 2 rings (SSSR count). The van der Waals surface area contributed by atoms with Crippen LogP contribution in [-0.4, -0.2) is 17.5 Å². The highest BCUT2D eigenvalue weighted by molar-refractivity contribution is 6.09. The van der Waals surface area contributed by atoms with Gasteiger partial charge in [-0.2, -0.15) is 4.39 Å². The third-order valence-electron chi connectivity index (χ3n) is 2.54. The Morgan fingerprint density at radius 1 is 1.35 bits per heavy atom. The molecule has 0 atom stereocenters. The van der Waals surface area contributed by atoms with Crippen molar-refractivity contribution in [3.8, 4) is 5.75 Å².